The van der Waals surface area contributed by atoms with Crippen LogP contribution < -0.4 is 14.8 Å². The van der Waals surface area contributed by atoms with Gasteiger partial charge < -0.3 is 19.7 Å². The van der Waals surface area contributed by atoms with Crippen LogP contribution in [0, 0.1) is 0 Å². The molecule has 1 aromatic rings. The Morgan fingerprint density at radius 3 is 2.91 bits per heavy atom. The van der Waals surface area contributed by atoms with Crippen LogP contribution in [0.15, 0.2) is 12.4 Å². The van der Waals surface area contributed by atoms with Crippen LogP contribution >= 0.6 is 0 Å². The molecular weight excluding hydrogens is 290 g/mol. The number of nitrogens with one attached hydrogen (secondary N) is 1. The normalized spacial score (nSPS) is 21.0. The van der Waals surface area contributed by atoms with Crippen LogP contribution in [0.5, 0.6) is 11.8 Å². The summed E-state index contributed by atoms with van der Waals surface area (Å²) in [6.45, 7) is 1.87. The minimum atomic E-state index is -0.340. The first-order valence-corrected chi connectivity index (χ1v) is 7.04. The summed E-state index contributed by atoms with van der Waals surface area (Å²) in [6.07, 6.45) is 3.50. The van der Waals surface area contributed by atoms with E-state index in [1.54, 1.807) is 4.90 Å². The number of hydrogen-bond donors (Lipinski definition) is 1. The Morgan fingerprint density at radius 1 is 1.36 bits per heavy atom. The smallest absolute Gasteiger partial charge is 0.328 e. The number of hydrogen-bond acceptors (Lipinski definition) is 6. The van der Waals surface area contributed by atoms with E-state index in [2.05, 4.69) is 15.3 Å². The molecule has 2 aliphatic heterocycles. The van der Waals surface area contributed by atoms with Crippen molar-refractivity contribution in [3.8, 4) is 11.8 Å². The van der Waals surface area contributed by atoms with Gasteiger partial charge in [0.2, 0.25) is 11.8 Å². The fraction of sp³-hybridized carbons (Fsp3) is 0.538. The Kier molecular flexibility index (Phi) is 3.94. The van der Waals surface area contributed by atoms with Gasteiger partial charge in [-0.15, -0.1) is 0 Å². The monoisotopic (exact) mass is 307 g/mol. The maximum absolute atomic E-state index is 12.2. The fourth-order valence-electron chi connectivity index (χ4n) is 2.48. The van der Waals surface area contributed by atoms with E-state index >= 15 is 0 Å². The summed E-state index contributed by atoms with van der Waals surface area (Å²) in [5.41, 5.74) is 0. The van der Waals surface area contributed by atoms with Gasteiger partial charge in [0.15, 0.2) is 0 Å². The van der Waals surface area contributed by atoms with Crippen LogP contribution in [0.2, 0.25) is 0 Å². The van der Waals surface area contributed by atoms with Crippen molar-refractivity contribution in [1.29, 1.82) is 0 Å². The van der Waals surface area contributed by atoms with E-state index in [1.165, 1.54) is 24.4 Å². The highest BCUT2D eigenvalue weighted by molar-refractivity contribution is 5.95. The number of likely N-dealkylation sites (tertiary alicyclic amines) is 1. The van der Waals surface area contributed by atoms with Gasteiger partial charge in [-0.3, -0.25) is 4.98 Å². The standard InChI is InChI=1S/C13H17N5O4/c1-21-10-6-14-7-11(16-10)22-9-2-4-17(8-9)13(20)18-5-3-15-12(18)19/h6-7,9H,2-5,8H2,1H3,(H,15,19). The predicted molar refractivity (Wildman–Crippen MR) is 74.7 cm³/mol. The molecule has 4 amide bonds. The Labute approximate surface area is 127 Å². The SMILES string of the molecule is COc1cncc(OC2CCN(C(=O)N3CCNC3=O)C2)n1. The summed E-state index contributed by atoms with van der Waals surface area (Å²) in [5.74, 6) is 0.731. The summed E-state index contributed by atoms with van der Waals surface area (Å²) in [7, 11) is 1.50. The Balaban J connectivity index is 1.57. The summed E-state index contributed by atoms with van der Waals surface area (Å²) in [5, 5.41) is 2.61. The Hall–Kier alpha value is -2.58. The second kappa shape index (κ2) is 6.04. The summed E-state index contributed by atoms with van der Waals surface area (Å²) >= 11 is 0. The molecule has 0 saturated carbocycles. The number of urea groups is 2. The van der Waals surface area contributed by atoms with E-state index in [0.717, 1.165) is 0 Å². The minimum Gasteiger partial charge on any atom is -0.480 e. The first kappa shape index (κ1) is 14.4. The zero-order chi connectivity index (χ0) is 15.5. The van der Waals surface area contributed by atoms with E-state index in [9.17, 15) is 9.59 Å². The number of carbonyl (C=O) groups is 2. The van der Waals surface area contributed by atoms with Gasteiger partial charge in [-0.1, -0.05) is 0 Å². The molecule has 3 rings (SSSR count). The quantitative estimate of drug-likeness (QED) is 0.849. The van der Waals surface area contributed by atoms with E-state index in [-0.39, 0.29) is 18.2 Å². The van der Waals surface area contributed by atoms with Crippen molar-refractivity contribution in [1.82, 2.24) is 25.1 Å². The van der Waals surface area contributed by atoms with Gasteiger partial charge in [-0.2, -0.15) is 4.98 Å². The lowest BCUT2D eigenvalue weighted by Gasteiger charge is -2.21. The zero-order valence-corrected chi connectivity index (χ0v) is 12.2. The number of carbonyl (C=O) groups excluding carboxylic acids is 2. The number of methoxy groups -OCH3 is 1. The summed E-state index contributed by atoms with van der Waals surface area (Å²) < 4.78 is 10.7. The molecule has 2 saturated heterocycles. The third-order valence-corrected chi connectivity index (χ3v) is 3.59. The van der Waals surface area contributed by atoms with Gasteiger partial charge in [-0.25, -0.2) is 14.5 Å². The largest absolute Gasteiger partial charge is 0.480 e. The highest BCUT2D eigenvalue weighted by Crippen LogP contribution is 2.19. The van der Waals surface area contributed by atoms with Crippen LogP contribution in [0.4, 0.5) is 9.59 Å². The molecule has 9 heteroatoms. The highest BCUT2D eigenvalue weighted by Gasteiger charge is 2.35. The van der Waals surface area contributed by atoms with E-state index in [4.69, 9.17) is 9.47 Å². The maximum atomic E-state index is 12.2. The molecule has 0 bridgehead atoms. The number of imide groups is 1. The third-order valence-electron chi connectivity index (χ3n) is 3.59. The number of nitrogens with zero attached hydrogens (tertiary/aromatic N) is 4. The second-order valence-corrected chi connectivity index (χ2v) is 5.04. The summed E-state index contributed by atoms with van der Waals surface area (Å²) in [6, 6.07) is -0.620. The van der Waals surface area contributed by atoms with Gasteiger partial charge in [0, 0.05) is 26.1 Å². The number of amides is 4. The minimum absolute atomic E-state index is 0.170. The maximum Gasteiger partial charge on any atom is 0.328 e. The van der Waals surface area contributed by atoms with Gasteiger partial charge in [0.25, 0.3) is 0 Å². The van der Waals surface area contributed by atoms with Gasteiger partial charge in [-0.05, 0) is 0 Å². The molecule has 1 aromatic heterocycles. The van der Waals surface area contributed by atoms with Crippen molar-refractivity contribution in [2.45, 2.75) is 12.5 Å². The molecular formula is C13H17N5O4. The molecule has 2 fully saturated rings. The van der Waals surface area contributed by atoms with Gasteiger partial charge >= 0.3 is 12.1 Å². The highest BCUT2D eigenvalue weighted by atomic mass is 16.5. The van der Waals surface area contributed by atoms with Gasteiger partial charge in [0.1, 0.15) is 6.10 Å². The lowest BCUT2D eigenvalue weighted by molar-refractivity contribution is 0.159. The van der Waals surface area contributed by atoms with Crippen molar-refractivity contribution >= 4 is 12.1 Å². The Bertz CT molecular complexity index is 581. The van der Waals surface area contributed by atoms with Crippen LogP contribution in [0.3, 0.4) is 0 Å². The lowest BCUT2D eigenvalue weighted by Crippen LogP contribution is -2.44. The summed E-state index contributed by atoms with van der Waals surface area (Å²) in [4.78, 5) is 34.7. The molecule has 0 aromatic carbocycles. The van der Waals surface area contributed by atoms with Crippen molar-refractivity contribution < 1.29 is 19.1 Å². The fourth-order valence-corrected chi connectivity index (χ4v) is 2.48. The average Bonchev–Trinajstić information content (AvgIpc) is 3.16. The molecule has 2 aliphatic rings. The van der Waals surface area contributed by atoms with E-state index in [1.807, 2.05) is 0 Å². The molecule has 9 nitrogen and oxygen atoms in total. The number of ether oxygens (including phenoxy) is 2. The van der Waals surface area contributed by atoms with Crippen LogP contribution in [0.1, 0.15) is 6.42 Å². The molecule has 1 unspecified atom stereocenters. The van der Waals surface area contributed by atoms with Gasteiger partial charge in [0.05, 0.1) is 26.0 Å². The molecule has 1 atom stereocenters. The van der Waals surface area contributed by atoms with Crippen LogP contribution in [0.25, 0.3) is 0 Å². The Morgan fingerprint density at radius 2 is 2.18 bits per heavy atom. The molecule has 1 N–H and O–H groups in total. The number of aromatic nitrogens is 2. The molecule has 0 radical (unpaired) electrons. The molecule has 0 aliphatic carbocycles. The predicted octanol–water partition coefficient (Wildman–Crippen LogP) is 0.0835. The topological polar surface area (TPSA) is 96.9 Å². The first-order chi connectivity index (χ1) is 10.7. The zero-order valence-electron chi connectivity index (χ0n) is 12.2. The van der Waals surface area contributed by atoms with E-state index < -0.39 is 0 Å². The third kappa shape index (κ3) is 2.87. The van der Waals surface area contributed by atoms with Crippen molar-refractivity contribution in [2.75, 3.05) is 33.3 Å². The second-order valence-electron chi connectivity index (χ2n) is 5.04. The molecule has 22 heavy (non-hydrogen) atoms. The van der Waals surface area contributed by atoms with Crippen molar-refractivity contribution in [2.24, 2.45) is 0 Å². The number of rotatable bonds is 3. The van der Waals surface area contributed by atoms with Crippen molar-refractivity contribution in [3.05, 3.63) is 12.4 Å². The first-order valence-electron chi connectivity index (χ1n) is 7.04. The molecule has 118 valence electrons. The molecule has 0 spiro atoms. The lowest BCUT2D eigenvalue weighted by atomic mass is 10.3. The van der Waals surface area contributed by atoms with Crippen molar-refractivity contribution in [3.63, 3.8) is 0 Å². The van der Waals surface area contributed by atoms with Crippen LogP contribution in [-0.4, -0.2) is 71.2 Å². The van der Waals surface area contributed by atoms with E-state index in [0.29, 0.717) is 44.4 Å². The average molecular weight is 307 g/mol. The van der Waals surface area contributed by atoms with Crippen LogP contribution in [-0.2, 0) is 0 Å². The molecule has 3 heterocycles.